The largest absolute Gasteiger partial charge is 0.330 e. The number of likely N-dealkylation sites (tertiary alicyclic amines) is 1. The third-order valence-electron chi connectivity index (χ3n) is 4.15. The summed E-state index contributed by atoms with van der Waals surface area (Å²) in [5.41, 5.74) is 9.49. The fourth-order valence-electron chi connectivity index (χ4n) is 3.05. The Morgan fingerprint density at radius 1 is 1.35 bits per heavy atom. The zero-order chi connectivity index (χ0) is 13.9. The van der Waals surface area contributed by atoms with Crippen LogP contribution in [0.2, 0.25) is 0 Å². The summed E-state index contributed by atoms with van der Waals surface area (Å²) in [6.07, 6.45) is 4.96. The minimum atomic E-state index is 0.665. The van der Waals surface area contributed by atoms with E-state index in [2.05, 4.69) is 39.6 Å². The minimum absolute atomic E-state index is 0.665. The molecule has 0 spiro atoms. The molecule has 0 bridgehead atoms. The van der Waals surface area contributed by atoms with Crippen LogP contribution in [0.3, 0.4) is 0 Å². The highest BCUT2D eigenvalue weighted by Crippen LogP contribution is 2.21. The van der Waals surface area contributed by atoms with Crippen LogP contribution in [0.4, 0.5) is 0 Å². The SMILES string of the molecule is Cc1ccc(CN2CCC(CN)C2)n1-c1cccnc1. The first kappa shape index (κ1) is 13.3. The van der Waals surface area contributed by atoms with Gasteiger partial charge in [-0.05, 0) is 56.6 Å². The maximum Gasteiger partial charge on any atom is 0.0639 e. The zero-order valence-electron chi connectivity index (χ0n) is 12.0. The number of nitrogens with two attached hydrogens (primary N) is 1. The number of aromatic nitrogens is 2. The van der Waals surface area contributed by atoms with Crippen molar-refractivity contribution >= 4 is 0 Å². The van der Waals surface area contributed by atoms with Gasteiger partial charge in [-0.25, -0.2) is 0 Å². The molecular formula is C16H22N4. The predicted molar refractivity (Wildman–Crippen MR) is 80.7 cm³/mol. The van der Waals surface area contributed by atoms with Crippen LogP contribution in [0.25, 0.3) is 5.69 Å². The van der Waals surface area contributed by atoms with Gasteiger partial charge in [0.1, 0.15) is 0 Å². The quantitative estimate of drug-likeness (QED) is 0.924. The lowest BCUT2D eigenvalue weighted by Gasteiger charge is -2.18. The van der Waals surface area contributed by atoms with Gasteiger partial charge in [-0.15, -0.1) is 0 Å². The molecule has 20 heavy (non-hydrogen) atoms. The molecule has 2 N–H and O–H groups in total. The van der Waals surface area contributed by atoms with Gasteiger partial charge in [0.05, 0.1) is 11.9 Å². The maximum atomic E-state index is 5.77. The van der Waals surface area contributed by atoms with Gasteiger partial charge in [0.25, 0.3) is 0 Å². The van der Waals surface area contributed by atoms with E-state index in [-0.39, 0.29) is 0 Å². The molecule has 0 aromatic carbocycles. The van der Waals surface area contributed by atoms with Gasteiger partial charge in [-0.3, -0.25) is 9.88 Å². The van der Waals surface area contributed by atoms with E-state index in [1.165, 1.54) is 17.8 Å². The van der Waals surface area contributed by atoms with Crippen molar-refractivity contribution in [3.63, 3.8) is 0 Å². The second kappa shape index (κ2) is 5.77. The van der Waals surface area contributed by atoms with Crippen molar-refractivity contribution in [1.29, 1.82) is 0 Å². The molecule has 4 heteroatoms. The molecule has 1 fully saturated rings. The molecule has 1 saturated heterocycles. The molecule has 0 amide bonds. The summed E-state index contributed by atoms with van der Waals surface area (Å²) in [4.78, 5) is 6.73. The predicted octanol–water partition coefficient (Wildman–Crippen LogP) is 1.96. The van der Waals surface area contributed by atoms with Crippen LogP contribution < -0.4 is 5.73 Å². The van der Waals surface area contributed by atoms with Crippen LogP contribution in [-0.2, 0) is 6.54 Å². The van der Waals surface area contributed by atoms with Gasteiger partial charge in [0.2, 0.25) is 0 Å². The summed E-state index contributed by atoms with van der Waals surface area (Å²) in [5.74, 6) is 0.665. The van der Waals surface area contributed by atoms with E-state index in [1.54, 1.807) is 0 Å². The van der Waals surface area contributed by atoms with Crippen molar-refractivity contribution in [2.75, 3.05) is 19.6 Å². The summed E-state index contributed by atoms with van der Waals surface area (Å²) < 4.78 is 2.29. The fraction of sp³-hybridized carbons (Fsp3) is 0.438. The highest BCUT2D eigenvalue weighted by molar-refractivity contribution is 5.35. The van der Waals surface area contributed by atoms with Gasteiger partial charge < -0.3 is 10.3 Å². The summed E-state index contributed by atoms with van der Waals surface area (Å²) in [7, 11) is 0. The molecule has 1 aliphatic rings. The number of nitrogens with zero attached hydrogens (tertiary/aromatic N) is 3. The van der Waals surface area contributed by atoms with Gasteiger partial charge in [0.15, 0.2) is 0 Å². The maximum absolute atomic E-state index is 5.77. The lowest BCUT2D eigenvalue weighted by atomic mass is 10.1. The Morgan fingerprint density at radius 3 is 2.95 bits per heavy atom. The van der Waals surface area contributed by atoms with E-state index in [0.717, 1.165) is 31.9 Å². The van der Waals surface area contributed by atoms with Crippen molar-refractivity contribution in [1.82, 2.24) is 14.5 Å². The Hall–Kier alpha value is -1.65. The highest BCUT2D eigenvalue weighted by Gasteiger charge is 2.22. The molecule has 4 nitrogen and oxygen atoms in total. The first-order valence-electron chi connectivity index (χ1n) is 7.28. The molecule has 2 aromatic rings. The van der Waals surface area contributed by atoms with Crippen molar-refractivity contribution in [2.24, 2.45) is 11.7 Å². The van der Waals surface area contributed by atoms with Crippen LogP contribution in [0.15, 0.2) is 36.7 Å². The first-order chi connectivity index (χ1) is 9.78. The fourth-order valence-corrected chi connectivity index (χ4v) is 3.05. The Balaban J connectivity index is 1.81. The van der Waals surface area contributed by atoms with E-state index in [0.29, 0.717) is 5.92 Å². The average Bonchev–Trinajstić information content (AvgIpc) is 3.07. The monoisotopic (exact) mass is 270 g/mol. The normalized spacial score (nSPS) is 19.6. The number of rotatable bonds is 4. The second-order valence-electron chi connectivity index (χ2n) is 5.64. The lowest BCUT2D eigenvalue weighted by Crippen LogP contribution is -2.24. The Morgan fingerprint density at radius 2 is 2.25 bits per heavy atom. The molecule has 3 rings (SSSR count). The van der Waals surface area contributed by atoms with Gasteiger partial charge in [-0.2, -0.15) is 0 Å². The van der Waals surface area contributed by atoms with Crippen LogP contribution in [-0.4, -0.2) is 34.1 Å². The standard InChI is InChI=1S/C16H22N4/c1-13-4-5-16(12-19-8-6-14(9-17)11-19)20(13)15-3-2-7-18-10-15/h2-5,7,10,14H,6,8-9,11-12,17H2,1H3. The minimum Gasteiger partial charge on any atom is -0.330 e. The molecule has 0 saturated carbocycles. The Labute approximate surface area is 120 Å². The van der Waals surface area contributed by atoms with Crippen molar-refractivity contribution in [3.05, 3.63) is 48.0 Å². The van der Waals surface area contributed by atoms with E-state index in [9.17, 15) is 0 Å². The lowest BCUT2D eigenvalue weighted by molar-refractivity contribution is 0.312. The van der Waals surface area contributed by atoms with E-state index >= 15 is 0 Å². The smallest absolute Gasteiger partial charge is 0.0639 e. The number of hydrogen-bond donors (Lipinski definition) is 1. The molecule has 3 heterocycles. The van der Waals surface area contributed by atoms with Crippen molar-refractivity contribution in [2.45, 2.75) is 19.9 Å². The van der Waals surface area contributed by atoms with Crippen molar-refractivity contribution in [3.8, 4) is 5.69 Å². The van der Waals surface area contributed by atoms with Crippen molar-refractivity contribution < 1.29 is 0 Å². The third kappa shape index (κ3) is 2.62. The third-order valence-corrected chi connectivity index (χ3v) is 4.15. The van der Waals surface area contributed by atoms with Gasteiger partial charge in [0, 0.05) is 30.7 Å². The number of aryl methyl sites for hydroxylation is 1. The van der Waals surface area contributed by atoms with Crippen LogP contribution in [0.1, 0.15) is 17.8 Å². The molecular weight excluding hydrogens is 248 g/mol. The molecule has 1 atom stereocenters. The first-order valence-corrected chi connectivity index (χ1v) is 7.28. The Bertz CT molecular complexity index is 561. The topological polar surface area (TPSA) is 47.1 Å². The van der Waals surface area contributed by atoms with Gasteiger partial charge >= 0.3 is 0 Å². The van der Waals surface area contributed by atoms with E-state index in [4.69, 9.17) is 5.73 Å². The van der Waals surface area contributed by atoms with Gasteiger partial charge in [-0.1, -0.05) is 0 Å². The zero-order valence-corrected chi connectivity index (χ0v) is 12.0. The molecule has 0 aliphatic carbocycles. The summed E-state index contributed by atoms with van der Waals surface area (Å²) >= 11 is 0. The Kier molecular flexibility index (Phi) is 3.85. The summed E-state index contributed by atoms with van der Waals surface area (Å²) in [5, 5.41) is 0. The molecule has 106 valence electrons. The molecule has 1 unspecified atom stereocenters. The van der Waals surface area contributed by atoms with E-state index in [1.807, 2.05) is 18.5 Å². The van der Waals surface area contributed by atoms with Crippen LogP contribution >= 0.6 is 0 Å². The second-order valence-corrected chi connectivity index (χ2v) is 5.64. The molecule has 2 aromatic heterocycles. The number of pyridine rings is 1. The molecule has 1 aliphatic heterocycles. The van der Waals surface area contributed by atoms with Crippen LogP contribution in [0.5, 0.6) is 0 Å². The van der Waals surface area contributed by atoms with E-state index < -0.39 is 0 Å². The highest BCUT2D eigenvalue weighted by atomic mass is 15.2. The number of hydrogen-bond acceptors (Lipinski definition) is 3. The summed E-state index contributed by atoms with van der Waals surface area (Å²) in [6.45, 7) is 6.20. The molecule has 0 radical (unpaired) electrons. The average molecular weight is 270 g/mol. The van der Waals surface area contributed by atoms with Crippen LogP contribution in [0, 0.1) is 12.8 Å². The summed E-state index contributed by atoms with van der Waals surface area (Å²) in [6, 6.07) is 8.49.